The second kappa shape index (κ2) is 7.24. The molecule has 7 nitrogen and oxygen atoms in total. The van der Waals surface area contributed by atoms with Crippen molar-refractivity contribution in [3.05, 3.63) is 66.2 Å². The number of rotatable bonds is 4. The number of fused-ring (bicyclic) bond motifs is 1. The number of nitrogens with zero attached hydrogens (tertiary/aromatic N) is 4. The molecule has 2 aliphatic rings. The molecular formula is C22H23N5O2. The van der Waals surface area contributed by atoms with E-state index in [1.54, 1.807) is 10.6 Å². The maximum atomic E-state index is 13.2. The summed E-state index contributed by atoms with van der Waals surface area (Å²) in [5.74, 6) is -0.0387. The summed E-state index contributed by atoms with van der Waals surface area (Å²) in [5, 5.41) is 2.97. The summed E-state index contributed by atoms with van der Waals surface area (Å²) < 4.78 is 1.73. The van der Waals surface area contributed by atoms with Crippen LogP contribution in [0.25, 0.3) is 5.52 Å². The molecule has 148 valence electrons. The van der Waals surface area contributed by atoms with Crippen LogP contribution in [0.3, 0.4) is 0 Å². The zero-order valence-corrected chi connectivity index (χ0v) is 16.1. The fourth-order valence-corrected chi connectivity index (χ4v) is 3.79. The molecule has 1 aromatic carbocycles. The number of piperazine rings is 1. The smallest absolute Gasteiger partial charge is 0.290 e. The van der Waals surface area contributed by atoms with Gasteiger partial charge in [-0.05, 0) is 37.1 Å². The highest BCUT2D eigenvalue weighted by Gasteiger charge is 2.30. The molecule has 1 saturated carbocycles. The Labute approximate surface area is 168 Å². The zero-order valence-electron chi connectivity index (χ0n) is 16.1. The molecule has 2 amide bonds. The molecule has 0 atom stereocenters. The van der Waals surface area contributed by atoms with E-state index in [1.165, 1.54) is 5.69 Å². The lowest BCUT2D eigenvalue weighted by Crippen LogP contribution is -2.49. The summed E-state index contributed by atoms with van der Waals surface area (Å²) in [4.78, 5) is 34.4. The van der Waals surface area contributed by atoms with Crippen molar-refractivity contribution >= 4 is 23.0 Å². The topological polar surface area (TPSA) is 70.0 Å². The Morgan fingerprint density at radius 1 is 0.931 bits per heavy atom. The molecule has 1 saturated heterocycles. The summed E-state index contributed by atoms with van der Waals surface area (Å²) >= 11 is 0. The molecule has 2 fully saturated rings. The number of pyridine rings is 1. The third kappa shape index (κ3) is 3.44. The maximum absolute atomic E-state index is 13.2. The van der Waals surface area contributed by atoms with Crippen LogP contribution in [0.4, 0.5) is 5.69 Å². The van der Waals surface area contributed by atoms with Gasteiger partial charge in [-0.15, -0.1) is 0 Å². The van der Waals surface area contributed by atoms with Gasteiger partial charge in [-0.3, -0.25) is 14.0 Å². The third-order valence-corrected chi connectivity index (χ3v) is 5.56. The second-order valence-electron chi connectivity index (χ2n) is 7.60. The minimum atomic E-state index is -0.204. The Kier molecular flexibility index (Phi) is 4.42. The van der Waals surface area contributed by atoms with Gasteiger partial charge in [0.1, 0.15) is 0 Å². The minimum Gasteiger partial charge on any atom is -0.368 e. The van der Waals surface area contributed by atoms with Crippen LogP contribution >= 0.6 is 0 Å². The van der Waals surface area contributed by atoms with Crippen molar-refractivity contribution < 1.29 is 9.59 Å². The quantitative estimate of drug-likeness (QED) is 0.743. The van der Waals surface area contributed by atoms with Crippen molar-refractivity contribution in [3.8, 4) is 0 Å². The van der Waals surface area contributed by atoms with Crippen LogP contribution in [0.2, 0.25) is 0 Å². The number of imidazole rings is 1. The Morgan fingerprint density at radius 3 is 2.38 bits per heavy atom. The number of hydrogen-bond acceptors (Lipinski definition) is 4. The van der Waals surface area contributed by atoms with Gasteiger partial charge >= 0.3 is 0 Å². The van der Waals surface area contributed by atoms with Crippen LogP contribution in [-0.2, 0) is 0 Å². The Morgan fingerprint density at radius 2 is 1.66 bits per heavy atom. The summed E-state index contributed by atoms with van der Waals surface area (Å²) in [5.41, 5.74) is 2.16. The highest BCUT2D eigenvalue weighted by Crippen LogP contribution is 2.22. The van der Waals surface area contributed by atoms with Gasteiger partial charge in [-0.25, -0.2) is 4.98 Å². The highest BCUT2D eigenvalue weighted by molar-refractivity contribution is 6.02. The van der Waals surface area contributed by atoms with Crippen LogP contribution in [0, 0.1) is 0 Å². The summed E-state index contributed by atoms with van der Waals surface area (Å²) in [6.07, 6.45) is 3.81. The molecule has 0 bridgehead atoms. The Bertz CT molecular complexity index is 1050. The summed E-state index contributed by atoms with van der Waals surface area (Å²) in [7, 11) is 0. The predicted octanol–water partition coefficient (Wildman–Crippen LogP) is 2.19. The van der Waals surface area contributed by atoms with Crippen LogP contribution in [0.15, 0.2) is 54.7 Å². The first-order chi connectivity index (χ1) is 14.2. The maximum Gasteiger partial charge on any atom is 0.290 e. The van der Waals surface area contributed by atoms with E-state index in [2.05, 4.69) is 27.3 Å². The fraction of sp³-hybridized carbons (Fsp3) is 0.318. The largest absolute Gasteiger partial charge is 0.368 e. The highest BCUT2D eigenvalue weighted by atomic mass is 16.2. The minimum absolute atomic E-state index is 0.135. The molecule has 5 rings (SSSR count). The summed E-state index contributed by atoms with van der Waals surface area (Å²) in [6, 6.07) is 16.0. The molecule has 7 heteroatoms. The Balaban J connectivity index is 1.37. The van der Waals surface area contributed by atoms with E-state index in [4.69, 9.17) is 0 Å². The van der Waals surface area contributed by atoms with Gasteiger partial charge in [-0.2, -0.15) is 0 Å². The average Bonchev–Trinajstić information content (AvgIpc) is 3.50. The number of amides is 2. The van der Waals surface area contributed by atoms with E-state index in [0.717, 1.165) is 25.9 Å². The number of hydrogen-bond donors (Lipinski definition) is 1. The number of benzene rings is 1. The first-order valence-corrected chi connectivity index (χ1v) is 10.1. The van der Waals surface area contributed by atoms with Crippen LogP contribution in [0.1, 0.15) is 33.9 Å². The zero-order chi connectivity index (χ0) is 19.8. The van der Waals surface area contributed by atoms with Gasteiger partial charge < -0.3 is 15.1 Å². The van der Waals surface area contributed by atoms with E-state index < -0.39 is 0 Å². The first-order valence-electron chi connectivity index (χ1n) is 10.1. The predicted molar refractivity (Wildman–Crippen MR) is 110 cm³/mol. The molecule has 2 aromatic heterocycles. The van der Waals surface area contributed by atoms with E-state index in [9.17, 15) is 9.59 Å². The van der Waals surface area contributed by atoms with Crippen molar-refractivity contribution in [2.75, 3.05) is 31.1 Å². The van der Waals surface area contributed by atoms with Crippen LogP contribution < -0.4 is 10.2 Å². The molecule has 1 N–H and O–H groups in total. The molecule has 0 unspecified atom stereocenters. The van der Waals surface area contributed by atoms with E-state index in [-0.39, 0.29) is 17.9 Å². The molecule has 3 heterocycles. The van der Waals surface area contributed by atoms with Gasteiger partial charge in [0.2, 0.25) is 5.82 Å². The number of nitrogens with one attached hydrogen (secondary N) is 1. The number of anilines is 1. The number of aromatic nitrogens is 2. The van der Waals surface area contributed by atoms with Crippen molar-refractivity contribution in [2.24, 2.45) is 0 Å². The summed E-state index contributed by atoms with van der Waals surface area (Å²) in [6.45, 7) is 2.79. The molecule has 1 aliphatic heterocycles. The van der Waals surface area contributed by atoms with E-state index in [1.807, 2.05) is 41.3 Å². The lowest BCUT2D eigenvalue weighted by molar-refractivity contribution is 0.0733. The number of carbonyl (C=O) groups excluding carboxylic acids is 2. The van der Waals surface area contributed by atoms with Gasteiger partial charge in [0.15, 0.2) is 5.69 Å². The molecule has 3 aromatic rings. The fourth-order valence-electron chi connectivity index (χ4n) is 3.79. The first kappa shape index (κ1) is 17.7. The molecular weight excluding hydrogens is 366 g/mol. The van der Waals surface area contributed by atoms with Crippen molar-refractivity contribution in [3.63, 3.8) is 0 Å². The third-order valence-electron chi connectivity index (χ3n) is 5.56. The standard InChI is InChI=1S/C22H23N5O2/c28-21(23-16-9-10-16)19-18-8-4-5-11-27(18)20(24-19)22(29)26-14-12-25(13-15-26)17-6-2-1-3-7-17/h1-8,11,16H,9-10,12-15H2,(H,23,28). The van der Waals surface area contributed by atoms with E-state index in [0.29, 0.717) is 30.1 Å². The van der Waals surface area contributed by atoms with Crippen LogP contribution in [0.5, 0.6) is 0 Å². The van der Waals surface area contributed by atoms with Gasteiger partial charge in [0, 0.05) is 44.1 Å². The molecule has 1 aliphatic carbocycles. The number of carbonyl (C=O) groups is 2. The normalized spacial score (nSPS) is 16.8. The van der Waals surface area contributed by atoms with Gasteiger partial charge in [0.25, 0.3) is 11.8 Å². The monoisotopic (exact) mass is 389 g/mol. The number of para-hydroxylation sites is 1. The second-order valence-corrected chi connectivity index (χ2v) is 7.60. The van der Waals surface area contributed by atoms with Crippen molar-refractivity contribution in [1.82, 2.24) is 19.6 Å². The van der Waals surface area contributed by atoms with Gasteiger partial charge in [0.05, 0.1) is 5.52 Å². The van der Waals surface area contributed by atoms with Crippen molar-refractivity contribution in [1.29, 1.82) is 0 Å². The molecule has 0 radical (unpaired) electrons. The Hall–Kier alpha value is -3.35. The van der Waals surface area contributed by atoms with E-state index >= 15 is 0 Å². The lowest BCUT2D eigenvalue weighted by Gasteiger charge is -2.35. The lowest BCUT2D eigenvalue weighted by atomic mass is 10.2. The average molecular weight is 389 g/mol. The van der Waals surface area contributed by atoms with Crippen LogP contribution in [-0.4, -0.2) is 58.3 Å². The molecule has 29 heavy (non-hydrogen) atoms. The van der Waals surface area contributed by atoms with Gasteiger partial charge in [-0.1, -0.05) is 24.3 Å². The molecule has 0 spiro atoms. The van der Waals surface area contributed by atoms with Crippen molar-refractivity contribution in [2.45, 2.75) is 18.9 Å². The SMILES string of the molecule is O=C(NC1CC1)c1nc(C(=O)N2CCN(c3ccccc3)CC2)n2ccccc12.